The minimum atomic E-state index is -1.18. The molecule has 0 bridgehead atoms. The highest BCUT2D eigenvalue weighted by Gasteiger charge is 2.48. The summed E-state index contributed by atoms with van der Waals surface area (Å²) in [6.07, 6.45) is 1.93. The van der Waals surface area contributed by atoms with Crippen LogP contribution in [0.3, 0.4) is 0 Å². The molecule has 0 saturated carbocycles. The number of halogens is 3. The number of pyridine rings is 1. The van der Waals surface area contributed by atoms with Crippen molar-refractivity contribution >= 4 is 11.8 Å². The van der Waals surface area contributed by atoms with Crippen LogP contribution in [0.25, 0.3) is 0 Å². The van der Waals surface area contributed by atoms with Crippen molar-refractivity contribution < 1.29 is 27.9 Å². The first-order valence-electron chi connectivity index (χ1n) is 11.7. The molecule has 2 aromatic rings. The van der Waals surface area contributed by atoms with E-state index in [9.17, 15) is 32.7 Å². The molecule has 2 amide bonds. The lowest BCUT2D eigenvalue weighted by Crippen LogP contribution is -2.63. The second-order valence-corrected chi connectivity index (χ2v) is 9.58. The summed E-state index contributed by atoms with van der Waals surface area (Å²) < 4.78 is 42.4. The number of carbonyl (C=O) groups excluding carboxylic acids is 2. The molecular weight excluding hydrogens is 463 g/mol. The molecule has 1 saturated heterocycles. The third kappa shape index (κ3) is 3.98. The number of hydrogen-bond donors (Lipinski definition) is 2. The fourth-order valence-electron chi connectivity index (χ4n) is 5.56. The standard InChI is InChI=1S/C25H28F3N3O4/c1-5-19-12(3)11(2)13(4)20-10-30-9-16(22(32)23(33)21(30)25(35)31(19)20)24(34)29-8-15-17(27)6-14(26)7-18(15)28/h6-7,9,11-13,19-20,33H,5,8,10H2,1-4H3,(H,29,34)/t11?,12-,13?,19?,20?/m0/s1. The van der Waals surface area contributed by atoms with Crippen LogP contribution in [-0.4, -0.2) is 38.5 Å². The summed E-state index contributed by atoms with van der Waals surface area (Å²) in [5.74, 6) is -5.06. The quantitative estimate of drug-likeness (QED) is 0.686. The summed E-state index contributed by atoms with van der Waals surface area (Å²) in [5.41, 5.74) is -2.27. The Morgan fingerprint density at radius 2 is 1.71 bits per heavy atom. The zero-order valence-electron chi connectivity index (χ0n) is 19.9. The predicted molar refractivity (Wildman–Crippen MR) is 121 cm³/mol. The normalized spacial score (nSPS) is 25.7. The van der Waals surface area contributed by atoms with Crippen molar-refractivity contribution in [1.29, 1.82) is 0 Å². The Bertz CT molecular complexity index is 1240. The van der Waals surface area contributed by atoms with E-state index in [1.165, 1.54) is 10.8 Å². The van der Waals surface area contributed by atoms with Gasteiger partial charge in [0.15, 0.2) is 11.4 Å². The molecule has 0 aliphatic carbocycles. The molecule has 2 aliphatic rings. The summed E-state index contributed by atoms with van der Waals surface area (Å²) in [4.78, 5) is 40.8. The maximum Gasteiger partial charge on any atom is 0.275 e. The van der Waals surface area contributed by atoms with Gasteiger partial charge in [-0.15, -0.1) is 0 Å². The van der Waals surface area contributed by atoms with Crippen LogP contribution in [0.2, 0.25) is 0 Å². The van der Waals surface area contributed by atoms with Gasteiger partial charge >= 0.3 is 0 Å². The molecule has 0 radical (unpaired) electrons. The zero-order chi connectivity index (χ0) is 25.8. The smallest absolute Gasteiger partial charge is 0.275 e. The maximum atomic E-state index is 13.9. The van der Waals surface area contributed by atoms with Gasteiger partial charge in [-0.3, -0.25) is 14.4 Å². The number of fused-ring (bicyclic) bond motifs is 2. The second-order valence-electron chi connectivity index (χ2n) is 9.58. The van der Waals surface area contributed by atoms with E-state index in [0.29, 0.717) is 18.1 Å². The number of nitrogens with one attached hydrogen (secondary N) is 1. The second kappa shape index (κ2) is 9.05. The van der Waals surface area contributed by atoms with Crippen molar-refractivity contribution in [2.24, 2.45) is 17.8 Å². The van der Waals surface area contributed by atoms with Crippen molar-refractivity contribution in [2.75, 3.05) is 0 Å². The van der Waals surface area contributed by atoms with Crippen molar-refractivity contribution in [1.82, 2.24) is 14.8 Å². The fraction of sp³-hybridized carbons (Fsp3) is 0.480. The molecule has 2 N–H and O–H groups in total. The summed E-state index contributed by atoms with van der Waals surface area (Å²) in [6, 6.07) is 0.730. The Balaban J connectivity index is 1.68. The minimum absolute atomic E-state index is 0.0505. The maximum absolute atomic E-state index is 13.9. The number of aromatic nitrogens is 1. The molecule has 1 aromatic carbocycles. The van der Waals surface area contributed by atoms with Crippen LogP contribution in [0.15, 0.2) is 23.1 Å². The van der Waals surface area contributed by atoms with Gasteiger partial charge in [0, 0.05) is 43.0 Å². The molecule has 5 atom stereocenters. The largest absolute Gasteiger partial charge is 0.503 e. The fourth-order valence-corrected chi connectivity index (χ4v) is 5.56. The molecule has 35 heavy (non-hydrogen) atoms. The molecule has 1 fully saturated rings. The van der Waals surface area contributed by atoms with E-state index in [1.54, 1.807) is 4.90 Å². The molecule has 1 aromatic heterocycles. The van der Waals surface area contributed by atoms with Crippen LogP contribution in [0.5, 0.6) is 5.75 Å². The van der Waals surface area contributed by atoms with Crippen LogP contribution >= 0.6 is 0 Å². The highest BCUT2D eigenvalue weighted by molar-refractivity contribution is 5.99. The number of carbonyl (C=O) groups is 2. The average molecular weight is 492 g/mol. The molecule has 4 rings (SSSR count). The molecule has 4 unspecified atom stereocenters. The summed E-state index contributed by atoms with van der Waals surface area (Å²) in [5, 5.41) is 12.9. The highest BCUT2D eigenvalue weighted by atomic mass is 19.1. The van der Waals surface area contributed by atoms with Gasteiger partial charge in [0.2, 0.25) is 5.43 Å². The lowest BCUT2D eigenvalue weighted by Gasteiger charge is -2.54. The Kier molecular flexibility index (Phi) is 6.42. The van der Waals surface area contributed by atoms with Crippen LogP contribution < -0.4 is 10.7 Å². The molecular formula is C25H28F3N3O4. The number of aromatic hydroxyl groups is 1. The number of amides is 2. The first kappa shape index (κ1) is 24.8. The number of hydrogen-bond acceptors (Lipinski definition) is 4. The third-order valence-electron chi connectivity index (χ3n) is 7.86. The van der Waals surface area contributed by atoms with Gasteiger partial charge in [0.1, 0.15) is 23.0 Å². The summed E-state index contributed by atoms with van der Waals surface area (Å²) >= 11 is 0. The van der Waals surface area contributed by atoms with E-state index < -0.39 is 58.1 Å². The first-order valence-corrected chi connectivity index (χ1v) is 11.7. The van der Waals surface area contributed by atoms with Crippen LogP contribution in [0.1, 0.15) is 60.5 Å². The van der Waals surface area contributed by atoms with Crippen molar-refractivity contribution in [2.45, 2.75) is 59.3 Å². The van der Waals surface area contributed by atoms with E-state index in [2.05, 4.69) is 26.1 Å². The van der Waals surface area contributed by atoms with Gasteiger partial charge in [0.25, 0.3) is 11.8 Å². The lowest BCUT2D eigenvalue weighted by atomic mass is 9.70. The van der Waals surface area contributed by atoms with Gasteiger partial charge in [0.05, 0.1) is 6.04 Å². The van der Waals surface area contributed by atoms with Crippen molar-refractivity contribution in [3.8, 4) is 5.75 Å². The van der Waals surface area contributed by atoms with Gasteiger partial charge in [-0.1, -0.05) is 27.7 Å². The Labute approximate surface area is 200 Å². The highest BCUT2D eigenvalue weighted by Crippen LogP contribution is 2.42. The van der Waals surface area contributed by atoms with Crippen molar-refractivity contribution in [3.63, 3.8) is 0 Å². The molecule has 3 heterocycles. The molecule has 188 valence electrons. The molecule has 0 spiro atoms. The van der Waals surface area contributed by atoms with E-state index in [1.807, 2.05) is 6.92 Å². The molecule has 2 aliphatic heterocycles. The average Bonchev–Trinajstić information content (AvgIpc) is 2.79. The molecule has 7 nitrogen and oxygen atoms in total. The van der Waals surface area contributed by atoms with Crippen LogP contribution in [0, 0.1) is 35.2 Å². The summed E-state index contributed by atoms with van der Waals surface area (Å²) in [6.45, 7) is 7.94. The van der Waals surface area contributed by atoms with E-state index in [-0.39, 0.29) is 36.2 Å². The van der Waals surface area contributed by atoms with Crippen molar-refractivity contribution in [3.05, 3.63) is 62.8 Å². The number of rotatable bonds is 4. The van der Waals surface area contributed by atoms with Gasteiger partial charge in [-0.05, 0) is 24.2 Å². The Hall–Kier alpha value is -3.30. The predicted octanol–water partition coefficient (Wildman–Crippen LogP) is 3.43. The number of piperidine rings is 1. The van der Waals surface area contributed by atoms with Crippen LogP contribution in [0.4, 0.5) is 13.2 Å². The van der Waals surface area contributed by atoms with Gasteiger partial charge in [-0.2, -0.15) is 0 Å². The Morgan fingerprint density at radius 1 is 1.09 bits per heavy atom. The summed E-state index contributed by atoms with van der Waals surface area (Å²) in [7, 11) is 0. The van der Waals surface area contributed by atoms with E-state index >= 15 is 0 Å². The topological polar surface area (TPSA) is 91.6 Å². The number of nitrogens with zero attached hydrogens (tertiary/aromatic N) is 2. The van der Waals surface area contributed by atoms with Gasteiger partial charge in [-0.25, -0.2) is 13.2 Å². The first-order chi connectivity index (χ1) is 16.5. The van der Waals surface area contributed by atoms with Crippen LogP contribution in [-0.2, 0) is 13.1 Å². The van der Waals surface area contributed by atoms with Gasteiger partial charge < -0.3 is 19.9 Å². The number of benzene rings is 1. The van der Waals surface area contributed by atoms with E-state index in [0.717, 1.165) is 6.42 Å². The SMILES string of the molecule is CCC1[C@@H](C)C(C)C(C)C2Cn3cc(C(=O)NCc4c(F)cc(F)cc4F)c(=O)c(O)c3C(=O)N21. The minimum Gasteiger partial charge on any atom is -0.503 e. The third-order valence-corrected chi connectivity index (χ3v) is 7.86. The molecule has 10 heteroatoms. The zero-order valence-corrected chi connectivity index (χ0v) is 19.9. The Morgan fingerprint density at radius 3 is 2.31 bits per heavy atom. The lowest BCUT2D eigenvalue weighted by molar-refractivity contribution is -0.0300. The van der Waals surface area contributed by atoms with E-state index in [4.69, 9.17) is 0 Å². The monoisotopic (exact) mass is 491 g/mol.